The molecule has 128 valence electrons. The van der Waals surface area contributed by atoms with Gasteiger partial charge in [0.1, 0.15) is 11.8 Å². The average molecular weight is 342 g/mol. The van der Waals surface area contributed by atoms with Crippen molar-refractivity contribution in [1.82, 2.24) is 4.98 Å². The highest BCUT2D eigenvalue weighted by atomic mass is 28.4. The van der Waals surface area contributed by atoms with E-state index in [1.807, 2.05) is 31.3 Å². The fourth-order valence-electron chi connectivity index (χ4n) is 2.60. The van der Waals surface area contributed by atoms with Crippen LogP contribution in [0.1, 0.15) is 39.3 Å². The normalized spacial score (nSPS) is 13.5. The van der Waals surface area contributed by atoms with Crippen LogP contribution in [0.25, 0.3) is 10.8 Å². The molecule has 0 fully saturated rings. The molecule has 0 aliphatic rings. The number of benzene rings is 1. The van der Waals surface area contributed by atoms with Gasteiger partial charge in [-0.15, -0.1) is 0 Å². The summed E-state index contributed by atoms with van der Waals surface area (Å²) in [6, 6.07) is 10.4. The minimum Gasteiger partial charge on any atom is -0.432 e. The van der Waals surface area contributed by atoms with Gasteiger partial charge in [-0.2, -0.15) is 5.26 Å². The van der Waals surface area contributed by atoms with Crippen molar-refractivity contribution in [3.8, 4) is 6.07 Å². The van der Waals surface area contributed by atoms with Gasteiger partial charge in [0.05, 0.1) is 0 Å². The van der Waals surface area contributed by atoms with Crippen LogP contribution < -0.4 is 5.32 Å². The lowest BCUT2D eigenvalue weighted by Gasteiger charge is -2.36. The number of hydrogen-bond donors (Lipinski definition) is 2. The molecule has 5 heteroatoms. The van der Waals surface area contributed by atoms with Gasteiger partial charge in [0.25, 0.3) is 0 Å². The lowest BCUT2D eigenvalue weighted by molar-refractivity contribution is 0.435. The quantitative estimate of drug-likeness (QED) is 0.749. The summed E-state index contributed by atoms with van der Waals surface area (Å²) >= 11 is 0. The van der Waals surface area contributed by atoms with Gasteiger partial charge in [0.15, 0.2) is 8.32 Å². The maximum Gasteiger partial charge on any atom is 0.188 e. The van der Waals surface area contributed by atoms with Crippen molar-refractivity contribution >= 4 is 24.8 Å². The van der Waals surface area contributed by atoms with Crippen molar-refractivity contribution < 1.29 is 4.80 Å². The van der Waals surface area contributed by atoms with Crippen LogP contribution in [0.2, 0.25) is 18.1 Å². The van der Waals surface area contributed by atoms with Gasteiger partial charge in [-0.25, -0.2) is 4.98 Å². The molecule has 0 saturated heterocycles. The Labute approximate surface area is 145 Å². The summed E-state index contributed by atoms with van der Waals surface area (Å²) in [5.74, 6) is 0. The molecule has 1 heterocycles. The molecular weight excluding hydrogens is 314 g/mol. The SMILES string of the molecule is C[C@H](CCC(C)(C)[Si](C)(C)O)Nc1ccc2c(C#N)nccc2c1. The summed E-state index contributed by atoms with van der Waals surface area (Å²) in [4.78, 5) is 14.5. The van der Waals surface area contributed by atoms with Crippen molar-refractivity contribution in [2.24, 2.45) is 0 Å². The fourth-order valence-corrected chi connectivity index (χ4v) is 3.35. The Morgan fingerprint density at radius 3 is 2.67 bits per heavy atom. The monoisotopic (exact) mass is 341 g/mol. The maximum atomic E-state index is 10.4. The van der Waals surface area contributed by atoms with E-state index in [1.165, 1.54) is 0 Å². The van der Waals surface area contributed by atoms with Gasteiger partial charge in [0, 0.05) is 23.3 Å². The largest absolute Gasteiger partial charge is 0.432 e. The van der Waals surface area contributed by atoms with Crippen LogP contribution in [0.3, 0.4) is 0 Å². The van der Waals surface area contributed by atoms with Gasteiger partial charge in [-0.05, 0) is 67.5 Å². The zero-order valence-corrected chi connectivity index (χ0v) is 16.2. The Morgan fingerprint density at radius 1 is 1.33 bits per heavy atom. The average Bonchev–Trinajstić information content (AvgIpc) is 2.51. The Hall–Kier alpha value is -1.90. The number of aromatic nitrogens is 1. The Balaban J connectivity index is 2.06. The van der Waals surface area contributed by atoms with E-state index in [-0.39, 0.29) is 5.04 Å². The molecule has 0 aliphatic carbocycles. The third-order valence-corrected chi connectivity index (χ3v) is 8.70. The Bertz CT molecular complexity index is 759. The maximum absolute atomic E-state index is 10.4. The van der Waals surface area contributed by atoms with Crippen LogP contribution in [0.5, 0.6) is 0 Å². The fraction of sp³-hybridized carbons (Fsp3) is 0.474. The predicted octanol–water partition coefficient (Wildman–Crippen LogP) is 4.66. The summed E-state index contributed by atoms with van der Waals surface area (Å²) < 4.78 is 0. The highest BCUT2D eigenvalue weighted by molar-refractivity contribution is 6.72. The first kappa shape index (κ1) is 18.4. The summed E-state index contributed by atoms with van der Waals surface area (Å²) in [6.07, 6.45) is 3.67. The third kappa shape index (κ3) is 4.14. The first-order chi connectivity index (χ1) is 11.1. The van der Waals surface area contributed by atoms with Crippen molar-refractivity contribution in [2.45, 2.75) is 57.8 Å². The van der Waals surface area contributed by atoms with Crippen LogP contribution in [-0.4, -0.2) is 24.1 Å². The molecule has 2 rings (SSSR count). The van der Waals surface area contributed by atoms with Gasteiger partial charge >= 0.3 is 0 Å². The molecule has 0 radical (unpaired) electrons. The van der Waals surface area contributed by atoms with E-state index in [0.717, 1.165) is 29.3 Å². The highest BCUT2D eigenvalue weighted by Crippen LogP contribution is 2.40. The third-order valence-electron chi connectivity index (χ3n) is 5.14. The topological polar surface area (TPSA) is 68.9 Å². The number of rotatable bonds is 6. The molecule has 2 N–H and O–H groups in total. The molecule has 24 heavy (non-hydrogen) atoms. The molecular formula is C19H27N3OSi. The van der Waals surface area contributed by atoms with Crippen LogP contribution in [0.15, 0.2) is 30.5 Å². The molecule has 0 unspecified atom stereocenters. The Morgan fingerprint density at radius 2 is 2.04 bits per heavy atom. The number of nitrogens with zero attached hydrogens (tertiary/aromatic N) is 2. The van der Waals surface area contributed by atoms with Crippen molar-refractivity contribution in [3.05, 3.63) is 36.2 Å². The van der Waals surface area contributed by atoms with Gasteiger partial charge in [-0.3, -0.25) is 0 Å². The summed E-state index contributed by atoms with van der Waals surface area (Å²) in [5.41, 5.74) is 1.51. The number of nitriles is 1. The molecule has 0 saturated carbocycles. The van der Waals surface area contributed by atoms with E-state index in [9.17, 15) is 4.80 Å². The summed E-state index contributed by atoms with van der Waals surface area (Å²) in [5, 5.41) is 14.5. The number of nitrogens with one attached hydrogen (secondary N) is 1. The molecule has 1 aromatic carbocycles. The lowest BCUT2D eigenvalue weighted by Crippen LogP contribution is -2.39. The van der Waals surface area contributed by atoms with Crippen molar-refractivity contribution in [3.63, 3.8) is 0 Å². The van der Waals surface area contributed by atoms with Crippen LogP contribution in [-0.2, 0) is 0 Å². The minimum absolute atomic E-state index is 0.000307. The van der Waals surface area contributed by atoms with E-state index in [0.29, 0.717) is 11.7 Å². The lowest BCUT2D eigenvalue weighted by atomic mass is 10.0. The number of pyridine rings is 1. The zero-order valence-electron chi connectivity index (χ0n) is 15.2. The second-order valence-corrected chi connectivity index (χ2v) is 12.2. The molecule has 0 aliphatic heterocycles. The second kappa shape index (κ2) is 6.92. The zero-order chi connectivity index (χ0) is 18.0. The van der Waals surface area contributed by atoms with Crippen LogP contribution >= 0.6 is 0 Å². The summed E-state index contributed by atoms with van der Waals surface area (Å²) in [6.45, 7) is 10.5. The van der Waals surface area contributed by atoms with Crippen molar-refractivity contribution in [2.75, 3.05) is 5.32 Å². The minimum atomic E-state index is -2.16. The molecule has 0 spiro atoms. The molecule has 0 amide bonds. The Kier molecular flexibility index (Phi) is 5.31. The predicted molar refractivity (Wildman–Crippen MR) is 103 cm³/mol. The number of hydrogen-bond acceptors (Lipinski definition) is 4. The van der Waals surface area contributed by atoms with Gasteiger partial charge in [-0.1, -0.05) is 13.8 Å². The van der Waals surface area contributed by atoms with Gasteiger partial charge in [0.2, 0.25) is 0 Å². The molecule has 1 aromatic heterocycles. The van der Waals surface area contributed by atoms with E-state index in [1.54, 1.807) is 6.20 Å². The molecule has 1 atom stereocenters. The number of fused-ring (bicyclic) bond motifs is 1. The van der Waals surface area contributed by atoms with Crippen LogP contribution in [0.4, 0.5) is 5.69 Å². The first-order valence-electron chi connectivity index (χ1n) is 8.42. The van der Waals surface area contributed by atoms with Crippen molar-refractivity contribution in [1.29, 1.82) is 5.26 Å². The van der Waals surface area contributed by atoms with E-state index >= 15 is 0 Å². The molecule has 0 bridgehead atoms. The number of anilines is 1. The van der Waals surface area contributed by atoms with Gasteiger partial charge < -0.3 is 10.1 Å². The summed E-state index contributed by atoms with van der Waals surface area (Å²) in [7, 11) is -2.16. The van der Waals surface area contributed by atoms with E-state index in [4.69, 9.17) is 5.26 Å². The van der Waals surface area contributed by atoms with E-state index in [2.05, 4.69) is 43.2 Å². The second-order valence-electron chi connectivity index (χ2n) is 7.73. The van der Waals surface area contributed by atoms with Crippen LogP contribution in [0, 0.1) is 11.3 Å². The first-order valence-corrected chi connectivity index (χ1v) is 11.4. The molecule has 4 nitrogen and oxygen atoms in total. The smallest absolute Gasteiger partial charge is 0.188 e. The highest BCUT2D eigenvalue weighted by Gasteiger charge is 2.37. The standard InChI is InChI=1S/C19H27N3OSi/c1-14(8-10-19(2,3)24(4,5)23)22-16-6-7-17-15(12-16)9-11-21-18(17)13-20/h6-7,9,11-12,14,22-23H,8,10H2,1-5H3/t14-/m1/s1. The van der Waals surface area contributed by atoms with E-state index < -0.39 is 8.32 Å². The molecule has 2 aromatic rings.